The Hall–Kier alpha value is -0.860. The first-order chi connectivity index (χ1) is 11.1. The summed E-state index contributed by atoms with van der Waals surface area (Å²) < 4.78 is 0. The van der Waals surface area contributed by atoms with E-state index in [0.717, 1.165) is 0 Å². The van der Waals surface area contributed by atoms with Crippen molar-refractivity contribution >= 4 is 0 Å². The van der Waals surface area contributed by atoms with Gasteiger partial charge in [0.05, 0.1) is 6.17 Å². The van der Waals surface area contributed by atoms with Crippen LogP contribution in [0.25, 0.3) is 0 Å². The van der Waals surface area contributed by atoms with Crippen molar-refractivity contribution in [2.24, 2.45) is 0 Å². The van der Waals surface area contributed by atoms with Crippen LogP contribution in [-0.2, 0) is 5.41 Å². The van der Waals surface area contributed by atoms with Gasteiger partial charge >= 0.3 is 0 Å². The summed E-state index contributed by atoms with van der Waals surface area (Å²) in [4.78, 5) is 5.47. The van der Waals surface area contributed by atoms with E-state index < -0.39 is 0 Å². The molecular weight excluding hydrogens is 280 g/mol. The predicted molar refractivity (Wildman–Crippen MR) is 98.7 cm³/mol. The number of likely N-dealkylation sites (tertiary alicyclic amines) is 2. The molecule has 23 heavy (non-hydrogen) atoms. The Morgan fingerprint density at radius 2 is 1.13 bits per heavy atom. The largest absolute Gasteiger partial charge is 0.284 e. The zero-order valence-corrected chi connectivity index (χ0v) is 15.4. The smallest absolute Gasteiger partial charge is 0.0886 e. The van der Waals surface area contributed by atoms with Crippen molar-refractivity contribution in [1.29, 1.82) is 0 Å². The highest BCUT2D eigenvalue weighted by Crippen LogP contribution is 2.32. The summed E-state index contributed by atoms with van der Waals surface area (Å²) in [6.45, 7) is 12.0. The molecule has 0 aromatic heterocycles. The molecule has 0 unspecified atom stereocenters. The Morgan fingerprint density at radius 3 is 1.52 bits per heavy atom. The number of piperidine rings is 2. The van der Waals surface area contributed by atoms with Crippen LogP contribution in [0.2, 0.25) is 0 Å². The molecule has 3 rings (SSSR count). The summed E-state index contributed by atoms with van der Waals surface area (Å²) in [5.41, 5.74) is 3.18. The first kappa shape index (κ1) is 17.0. The number of hydrogen-bond donors (Lipinski definition) is 0. The maximum atomic E-state index is 2.74. The Balaban J connectivity index is 1.84. The zero-order chi connectivity index (χ0) is 16.3. The molecule has 1 aromatic rings. The molecule has 0 atom stereocenters. The highest BCUT2D eigenvalue weighted by molar-refractivity contribution is 5.29. The van der Waals surface area contributed by atoms with E-state index in [1.165, 1.54) is 75.8 Å². The van der Waals surface area contributed by atoms with Crippen molar-refractivity contribution in [3.8, 4) is 0 Å². The molecule has 1 aromatic carbocycles. The number of nitrogens with zero attached hydrogens (tertiary/aromatic N) is 2. The lowest BCUT2D eigenvalue weighted by molar-refractivity contribution is 0.0156. The Kier molecular flexibility index (Phi) is 5.43. The van der Waals surface area contributed by atoms with E-state index in [1.54, 1.807) is 0 Å². The van der Waals surface area contributed by atoms with Gasteiger partial charge in [-0.1, -0.05) is 57.9 Å². The van der Waals surface area contributed by atoms with Gasteiger partial charge in [0.1, 0.15) is 0 Å². The lowest BCUT2D eigenvalue weighted by Gasteiger charge is -2.43. The monoisotopic (exact) mass is 314 g/mol. The molecule has 2 fully saturated rings. The van der Waals surface area contributed by atoms with E-state index in [9.17, 15) is 0 Å². The van der Waals surface area contributed by atoms with Gasteiger partial charge in [0.25, 0.3) is 0 Å². The van der Waals surface area contributed by atoms with Crippen LogP contribution in [0, 0.1) is 0 Å². The van der Waals surface area contributed by atoms with Crippen molar-refractivity contribution in [3.05, 3.63) is 35.4 Å². The molecule has 0 N–H and O–H groups in total. The van der Waals surface area contributed by atoms with Crippen molar-refractivity contribution in [3.63, 3.8) is 0 Å². The molecule has 0 radical (unpaired) electrons. The third-order valence-corrected chi connectivity index (χ3v) is 5.55. The lowest BCUT2D eigenvalue weighted by atomic mass is 9.86. The molecule has 2 nitrogen and oxygen atoms in total. The average molecular weight is 315 g/mol. The van der Waals surface area contributed by atoms with E-state index in [2.05, 4.69) is 54.8 Å². The van der Waals surface area contributed by atoms with Gasteiger partial charge in [0.15, 0.2) is 0 Å². The van der Waals surface area contributed by atoms with Gasteiger partial charge in [-0.2, -0.15) is 0 Å². The summed E-state index contributed by atoms with van der Waals surface area (Å²) in [6, 6.07) is 9.51. The van der Waals surface area contributed by atoms with Crippen LogP contribution >= 0.6 is 0 Å². The lowest BCUT2D eigenvalue weighted by Crippen LogP contribution is -2.45. The van der Waals surface area contributed by atoms with Crippen LogP contribution in [0.3, 0.4) is 0 Å². The topological polar surface area (TPSA) is 6.48 Å². The fraction of sp³-hybridized carbons (Fsp3) is 0.714. The molecule has 0 aliphatic carbocycles. The van der Waals surface area contributed by atoms with Gasteiger partial charge in [-0.05, 0) is 68.4 Å². The Bertz CT molecular complexity index is 456. The first-order valence-corrected chi connectivity index (χ1v) is 9.64. The van der Waals surface area contributed by atoms with Crippen LogP contribution in [0.15, 0.2) is 24.3 Å². The zero-order valence-electron chi connectivity index (χ0n) is 15.4. The molecule has 0 bridgehead atoms. The number of rotatable bonds is 3. The maximum Gasteiger partial charge on any atom is 0.0886 e. The summed E-state index contributed by atoms with van der Waals surface area (Å²) in [5, 5.41) is 0. The van der Waals surface area contributed by atoms with Crippen LogP contribution in [0.5, 0.6) is 0 Å². The van der Waals surface area contributed by atoms with Gasteiger partial charge in [0.2, 0.25) is 0 Å². The molecule has 2 aliphatic rings. The quantitative estimate of drug-likeness (QED) is 0.778. The first-order valence-electron chi connectivity index (χ1n) is 9.64. The van der Waals surface area contributed by atoms with Gasteiger partial charge < -0.3 is 0 Å². The van der Waals surface area contributed by atoms with Gasteiger partial charge in [-0.25, -0.2) is 0 Å². The minimum atomic E-state index is 0.240. The minimum Gasteiger partial charge on any atom is -0.284 e. The fourth-order valence-corrected chi connectivity index (χ4v) is 4.13. The van der Waals surface area contributed by atoms with Crippen molar-refractivity contribution < 1.29 is 0 Å². The van der Waals surface area contributed by atoms with E-state index in [1.807, 2.05) is 0 Å². The summed E-state index contributed by atoms with van der Waals surface area (Å²) in [5.74, 6) is 0. The van der Waals surface area contributed by atoms with E-state index in [4.69, 9.17) is 0 Å². The normalized spacial score (nSPS) is 21.7. The Labute approximate surface area is 142 Å². The SMILES string of the molecule is CC(C)(C)c1ccc(C(N2CCCCC2)N2CCCCC2)cc1. The van der Waals surface area contributed by atoms with Crippen LogP contribution in [0.1, 0.15) is 76.6 Å². The maximum absolute atomic E-state index is 2.74. The molecule has 2 heterocycles. The highest BCUT2D eigenvalue weighted by Gasteiger charge is 2.29. The van der Waals surface area contributed by atoms with E-state index >= 15 is 0 Å². The summed E-state index contributed by atoms with van der Waals surface area (Å²) in [7, 11) is 0. The third kappa shape index (κ3) is 4.16. The highest BCUT2D eigenvalue weighted by atomic mass is 15.4. The van der Waals surface area contributed by atoms with Crippen molar-refractivity contribution in [2.45, 2.75) is 70.9 Å². The summed E-state index contributed by atoms with van der Waals surface area (Å²) in [6.07, 6.45) is 8.78. The molecule has 2 aliphatic heterocycles. The molecule has 128 valence electrons. The Morgan fingerprint density at radius 1 is 0.696 bits per heavy atom. The third-order valence-electron chi connectivity index (χ3n) is 5.55. The second-order valence-electron chi connectivity index (χ2n) is 8.44. The van der Waals surface area contributed by atoms with Crippen molar-refractivity contribution in [2.75, 3.05) is 26.2 Å². The van der Waals surface area contributed by atoms with Crippen molar-refractivity contribution in [1.82, 2.24) is 9.80 Å². The predicted octanol–water partition coefficient (Wildman–Crippen LogP) is 4.95. The summed E-state index contributed by atoms with van der Waals surface area (Å²) >= 11 is 0. The number of hydrogen-bond acceptors (Lipinski definition) is 2. The van der Waals surface area contributed by atoms with Crippen LogP contribution < -0.4 is 0 Å². The number of benzene rings is 1. The van der Waals surface area contributed by atoms with Crippen LogP contribution in [-0.4, -0.2) is 36.0 Å². The van der Waals surface area contributed by atoms with Crippen LogP contribution in [0.4, 0.5) is 0 Å². The van der Waals surface area contributed by atoms with E-state index in [-0.39, 0.29) is 5.41 Å². The molecule has 2 saturated heterocycles. The molecule has 0 amide bonds. The average Bonchev–Trinajstić information content (AvgIpc) is 2.57. The molecule has 2 heteroatoms. The fourth-order valence-electron chi connectivity index (χ4n) is 4.13. The van der Waals surface area contributed by atoms with Gasteiger partial charge in [0, 0.05) is 0 Å². The second kappa shape index (κ2) is 7.36. The molecule has 0 saturated carbocycles. The minimum absolute atomic E-state index is 0.240. The second-order valence-corrected chi connectivity index (χ2v) is 8.44. The van der Waals surface area contributed by atoms with E-state index in [0.29, 0.717) is 6.17 Å². The molecule has 0 spiro atoms. The van der Waals surface area contributed by atoms with Gasteiger partial charge in [-0.3, -0.25) is 9.80 Å². The molecular formula is C21H34N2. The standard InChI is InChI=1S/C21H34N2/c1-21(2,3)19-12-10-18(11-13-19)20(22-14-6-4-7-15-22)23-16-8-5-9-17-23/h10-13,20H,4-9,14-17H2,1-3H3. The van der Waals surface area contributed by atoms with Gasteiger partial charge in [-0.15, -0.1) is 0 Å².